The van der Waals surface area contributed by atoms with Crippen molar-refractivity contribution in [2.45, 2.75) is 70.0 Å². The second-order valence-electron chi connectivity index (χ2n) is 8.30. The van der Waals surface area contributed by atoms with Gasteiger partial charge < -0.3 is 14.3 Å². The van der Waals surface area contributed by atoms with E-state index >= 15 is 0 Å². The van der Waals surface area contributed by atoms with E-state index in [0.717, 1.165) is 38.3 Å². The van der Waals surface area contributed by atoms with Gasteiger partial charge in [-0.25, -0.2) is 0 Å². The van der Waals surface area contributed by atoms with Crippen LogP contribution in [-0.2, 0) is 11.3 Å². The van der Waals surface area contributed by atoms with Gasteiger partial charge in [0.25, 0.3) is 5.95 Å². The molecule has 3 aliphatic rings. The summed E-state index contributed by atoms with van der Waals surface area (Å²) in [6, 6.07) is 0.461. The predicted octanol–water partition coefficient (Wildman–Crippen LogP) is 2.28. The van der Waals surface area contributed by atoms with Crippen LogP contribution in [0.15, 0.2) is 4.52 Å². The monoisotopic (exact) mass is 361 g/mol. The van der Waals surface area contributed by atoms with Gasteiger partial charge in [-0.3, -0.25) is 9.69 Å². The first-order valence-electron chi connectivity index (χ1n) is 10.2. The van der Waals surface area contributed by atoms with Crippen molar-refractivity contribution in [1.29, 1.82) is 0 Å². The van der Waals surface area contributed by atoms with Crippen LogP contribution in [0.5, 0.6) is 0 Å². The minimum absolute atomic E-state index is 0.0216. The Morgan fingerprint density at radius 2 is 1.88 bits per heavy atom. The van der Waals surface area contributed by atoms with E-state index in [-0.39, 0.29) is 6.04 Å². The Labute approximate surface area is 155 Å². The maximum absolute atomic E-state index is 13.3. The van der Waals surface area contributed by atoms with Gasteiger partial charge in [0.2, 0.25) is 11.8 Å². The van der Waals surface area contributed by atoms with Crippen LogP contribution in [0.1, 0.15) is 57.3 Å². The number of anilines is 1. The van der Waals surface area contributed by atoms with Gasteiger partial charge >= 0.3 is 0 Å². The van der Waals surface area contributed by atoms with Crippen molar-refractivity contribution in [3.8, 4) is 0 Å². The second-order valence-corrected chi connectivity index (χ2v) is 8.30. The van der Waals surface area contributed by atoms with Crippen LogP contribution in [0.3, 0.4) is 0 Å². The molecule has 3 fully saturated rings. The predicted molar refractivity (Wildman–Crippen MR) is 98.8 cm³/mol. The first-order chi connectivity index (χ1) is 12.6. The van der Waals surface area contributed by atoms with Crippen molar-refractivity contribution in [3.63, 3.8) is 0 Å². The summed E-state index contributed by atoms with van der Waals surface area (Å²) in [5, 5.41) is 3.99. The standard InChI is InChI=1S/C19H31N5O2/c1-22(2)19-20-17(26-21-19)13-23-11-5-10-16(23)18(25)24-12-6-9-15(24)14-7-3-4-8-14/h14-16H,3-13H2,1-2H3/t15?,16-/m0/s1. The highest BCUT2D eigenvalue weighted by molar-refractivity contribution is 5.82. The van der Waals surface area contributed by atoms with E-state index in [1.165, 1.54) is 32.1 Å². The number of carbonyl (C=O) groups excluding carboxylic acids is 1. The molecule has 2 saturated heterocycles. The summed E-state index contributed by atoms with van der Waals surface area (Å²) in [4.78, 5) is 24.0. The first-order valence-corrected chi connectivity index (χ1v) is 10.2. The van der Waals surface area contributed by atoms with E-state index in [4.69, 9.17) is 4.52 Å². The highest BCUT2D eigenvalue weighted by Crippen LogP contribution is 2.36. The largest absolute Gasteiger partial charge is 0.344 e. The van der Waals surface area contributed by atoms with Crippen LogP contribution in [0, 0.1) is 5.92 Å². The molecule has 1 aromatic rings. The minimum atomic E-state index is -0.0216. The van der Waals surface area contributed by atoms with Crippen LogP contribution >= 0.6 is 0 Å². The smallest absolute Gasteiger partial charge is 0.265 e. The quantitative estimate of drug-likeness (QED) is 0.802. The van der Waals surface area contributed by atoms with Crippen molar-refractivity contribution in [2.75, 3.05) is 32.1 Å². The van der Waals surface area contributed by atoms with Gasteiger partial charge in [0.05, 0.1) is 12.6 Å². The third-order valence-corrected chi connectivity index (χ3v) is 6.37. The molecule has 0 spiro atoms. The number of amides is 1. The third-order valence-electron chi connectivity index (χ3n) is 6.37. The molecule has 4 rings (SSSR count). The molecule has 7 nitrogen and oxygen atoms in total. The van der Waals surface area contributed by atoms with Crippen LogP contribution in [-0.4, -0.2) is 65.1 Å². The molecule has 26 heavy (non-hydrogen) atoms. The lowest BCUT2D eigenvalue weighted by atomic mass is 9.95. The summed E-state index contributed by atoms with van der Waals surface area (Å²) in [6.45, 7) is 2.44. The normalized spacial score (nSPS) is 27.5. The molecule has 7 heteroatoms. The van der Waals surface area contributed by atoms with Crippen molar-refractivity contribution in [3.05, 3.63) is 5.89 Å². The Morgan fingerprint density at radius 3 is 2.62 bits per heavy atom. The zero-order valence-corrected chi connectivity index (χ0v) is 16.1. The molecular formula is C19H31N5O2. The summed E-state index contributed by atoms with van der Waals surface area (Å²) < 4.78 is 5.37. The van der Waals surface area contributed by atoms with Gasteiger partial charge in [0.1, 0.15) is 0 Å². The topological polar surface area (TPSA) is 65.7 Å². The second kappa shape index (κ2) is 7.55. The lowest BCUT2D eigenvalue weighted by Gasteiger charge is -2.33. The summed E-state index contributed by atoms with van der Waals surface area (Å²) in [5.41, 5.74) is 0. The minimum Gasteiger partial charge on any atom is -0.344 e. The summed E-state index contributed by atoms with van der Waals surface area (Å²) in [7, 11) is 3.79. The number of aromatic nitrogens is 2. The summed E-state index contributed by atoms with van der Waals surface area (Å²) in [6.07, 6.45) is 9.65. The van der Waals surface area contributed by atoms with Gasteiger partial charge in [-0.15, -0.1) is 0 Å². The van der Waals surface area contributed by atoms with E-state index in [2.05, 4.69) is 19.9 Å². The molecule has 2 atom stereocenters. The molecule has 1 aliphatic carbocycles. The lowest BCUT2D eigenvalue weighted by Crippen LogP contribution is -2.48. The van der Waals surface area contributed by atoms with Crippen molar-refractivity contribution in [2.24, 2.45) is 5.92 Å². The van der Waals surface area contributed by atoms with Gasteiger partial charge in [-0.2, -0.15) is 4.98 Å². The fourth-order valence-electron chi connectivity index (χ4n) is 5.05. The molecule has 0 bridgehead atoms. The molecule has 0 radical (unpaired) electrons. The Morgan fingerprint density at radius 1 is 1.12 bits per heavy atom. The zero-order chi connectivity index (χ0) is 18.1. The van der Waals surface area contributed by atoms with Gasteiger partial charge in [0.15, 0.2) is 0 Å². The number of hydrogen-bond acceptors (Lipinski definition) is 6. The van der Waals surface area contributed by atoms with E-state index in [0.29, 0.717) is 30.3 Å². The molecule has 0 N–H and O–H groups in total. The lowest BCUT2D eigenvalue weighted by molar-refractivity contribution is -0.138. The Kier molecular flexibility index (Phi) is 5.16. The van der Waals surface area contributed by atoms with Gasteiger partial charge in [0, 0.05) is 26.7 Å². The molecule has 2 aliphatic heterocycles. The average Bonchev–Trinajstić information content (AvgIpc) is 3.39. The van der Waals surface area contributed by atoms with Gasteiger partial charge in [-0.05, 0) is 56.1 Å². The van der Waals surface area contributed by atoms with Crippen molar-refractivity contribution >= 4 is 11.9 Å². The molecule has 3 heterocycles. The average molecular weight is 361 g/mol. The first kappa shape index (κ1) is 17.8. The van der Waals surface area contributed by atoms with Crippen LogP contribution in [0.4, 0.5) is 5.95 Å². The number of likely N-dealkylation sites (tertiary alicyclic amines) is 2. The van der Waals surface area contributed by atoms with Gasteiger partial charge in [-0.1, -0.05) is 12.8 Å². The fourth-order valence-corrected chi connectivity index (χ4v) is 5.05. The van der Waals surface area contributed by atoms with E-state index < -0.39 is 0 Å². The van der Waals surface area contributed by atoms with Crippen molar-refractivity contribution < 1.29 is 9.32 Å². The maximum Gasteiger partial charge on any atom is 0.265 e. The molecule has 1 amide bonds. The van der Waals surface area contributed by atoms with Crippen LogP contribution < -0.4 is 4.90 Å². The fraction of sp³-hybridized carbons (Fsp3) is 0.842. The Hall–Kier alpha value is -1.63. The molecule has 1 aromatic heterocycles. The van der Waals surface area contributed by atoms with E-state index in [9.17, 15) is 4.79 Å². The summed E-state index contributed by atoms with van der Waals surface area (Å²) >= 11 is 0. The van der Waals surface area contributed by atoms with Crippen LogP contribution in [0.25, 0.3) is 0 Å². The van der Waals surface area contributed by atoms with Crippen LogP contribution in [0.2, 0.25) is 0 Å². The molecule has 144 valence electrons. The molecular weight excluding hydrogens is 330 g/mol. The van der Waals surface area contributed by atoms with Crippen molar-refractivity contribution in [1.82, 2.24) is 19.9 Å². The molecule has 1 saturated carbocycles. The Bertz CT molecular complexity index is 625. The van der Waals surface area contributed by atoms with E-state index in [1.54, 1.807) is 0 Å². The molecule has 0 aromatic carbocycles. The zero-order valence-electron chi connectivity index (χ0n) is 16.1. The number of carbonyl (C=O) groups is 1. The number of hydrogen-bond donors (Lipinski definition) is 0. The summed E-state index contributed by atoms with van der Waals surface area (Å²) in [5.74, 6) is 2.25. The molecule has 1 unspecified atom stereocenters. The van der Waals surface area contributed by atoms with E-state index in [1.807, 2.05) is 19.0 Å². The highest BCUT2D eigenvalue weighted by atomic mass is 16.5. The third kappa shape index (κ3) is 3.46. The number of rotatable bonds is 5. The number of nitrogens with zero attached hydrogens (tertiary/aromatic N) is 5. The SMILES string of the molecule is CN(C)c1noc(CN2CCC[C@H]2C(=O)N2CCCC2C2CCCC2)n1. The Balaban J connectivity index is 1.42. The maximum atomic E-state index is 13.3. The highest BCUT2D eigenvalue weighted by Gasteiger charge is 2.41.